The average molecular weight is 435 g/mol. The minimum atomic E-state index is -3.42. The van der Waals surface area contributed by atoms with Crippen molar-refractivity contribution in [1.82, 2.24) is 4.31 Å². The second-order valence-electron chi connectivity index (χ2n) is 6.68. The van der Waals surface area contributed by atoms with E-state index in [0.717, 1.165) is 0 Å². The van der Waals surface area contributed by atoms with Crippen LogP contribution in [0.3, 0.4) is 0 Å². The first-order chi connectivity index (χ1) is 13.3. The van der Waals surface area contributed by atoms with Gasteiger partial charge in [-0.1, -0.05) is 6.42 Å². The molecule has 0 radical (unpaired) electrons. The summed E-state index contributed by atoms with van der Waals surface area (Å²) in [7, 11) is -6.51. The summed E-state index contributed by atoms with van der Waals surface area (Å²) < 4.78 is 67.5. The number of rotatable bonds is 11. The van der Waals surface area contributed by atoms with Crippen molar-refractivity contribution in [1.29, 1.82) is 0 Å². The fraction of sp³-hybridized carbons (Fsp3) is 0.556. The molecule has 2 N–H and O–H groups in total. The van der Waals surface area contributed by atoms with Gasteiger partial charge in [0.15, 0.2) is 9.84 Å². The van der Waals surface area contributed by atoms with Gasteiger partial charge in [0.05, 0.1) is 22.7 Å². The molecule has 0 unspecified atom stereocenters. The smallest absolute Gasteiger partial charge is 0.214 e. The highest BCUT2D eigenvalue weighted by Crippen LogP contribution is 2.19. The van der Waals surface area contributed by atoms with Gasteiger partial charge in [-0.3, -0.25) is 0 Å². The summed E-state index contributed by atoms with van der Waals surface area (Å²) in [6.45, 7) is 1.06. The van der Waals surface area contributed by atoms with E-state index in [1.54, 1.807) is 0 Å². The lowest BCUT2D eigenvalue weighted by atomic mass is 10.2. The van der Waals surface area contributed by atoms with Gasteiger partial charge in [-0.05, 0) is 43.5 Å². The van der Waals surface area contributed by atoms with Crippen LogP contribution in [0.5, 0.6) is 5.75 Å². The summed E-state index contributed by atoms with van der Waals surface area (Å²) >= 11 is 0. The minimum Gasteiger partial charge on any atom is -0.489 e. The Kier molecular flexibility index (Phi) is 8.41. The van der Waals surface area contributed by atoms with Gasteiger partial charge in [0, 0.05) is 25.2 Å². The van der Waals surface area contributed by atoms with Crippen molar-refractivity contribution in [2.45, 2.75) is 30.6 Å². The van der Waals surface area contributed by atoms with Crippen LogP contribution in [0, 0.1) is 0 Å². The van der Waals surface area contributed by atoms with Crippen molar-refractivity contribution in [3.8, 4) is 5.75 Å². The maximum Gasteiger partial charge on any atom is 0.214 e. The lowest BCUT2D eigenvalue weighted by molar-refractivity contribution is 0.347. The molecule has 0 aromatic heterocycles. The van der Waals surface area contributed by atoms with E-state index in [4.69, 9.17) is 10.5 Å². The molecule has 1 saturated heterocycles. The lowest BCUT2D eigenvalue weighted by Gasteiger charge is -2.13. The van der Waals surface area contributed by atoms with E-state index >= 15 is 0 Å². The third kappa shape index (κ3) is 6.54. The molecule has 10 heteroatoms. The van der Waals surface area contributed by atoms with Crippen LogP contribution in [0.1, 0.15) is 25.7 Å². The topological polar surface area (TPSA) is 107 Å². The molecule has 0 atom stereocenters. The van der Waals surface area contributed by atoms with Gasteiger partial charge in [-0.2, -0.15) is 0 Å². The van der Waals surface area contributed by atoms with E-state index in [1.165, 1.54) is 28.6 Å². The summed E-state index contributed by atoms with van der Waals surface area (Å²) in [6, 6.07) is 5.97. The molecular formula is C18H27FN2O5S2. The molecule has 0 bridgehead atoms. The fourth-order valence-electron chi connectivity index (χ4n) is 2.87. The fourth-order valence-corrected chi connectivity index (χ4v) is 5.81. The Bertz CT molecular complexity index is 868. The van der Waals surface area contributed by atoms with Crippen LogP contribution >= 0.6 is 0 Å². The minimum absolute atomic E-state index is 0.00185. The highest BCUT2D eigenvalue weighted by molar-refractivity contribution is 7.91. The number of nitrogens with zero attached hydrogens (tertiary/aromatic N) is 1. The van der Waals surface area contributed by atoms with E-state index < -0.39 is 19.9 Å². The second-order valence-corrected chi connectivity index (χ2v) is 10.9. The molecular weight excluding hydrogens is 407 g/mol. The molecule has 0 amide bonds. The SMILES string of the molecule is NC/C(=C\F)COc1ccc(S(=O)(=O)CCCCCN2CCCS2(=O)=O)cc1. The Hall–Kier alpha value is -1.49. The third-order valence-electron chi connectivity index (χ3n) is 4.55. The monoisotopic (exact) mass is 434 g/mol. The molecule has 1 aliphatic heterocycles. The quantitative estimate of drug-likeness (QED) is 0.533. The Balaban J connectivity index is 1.77. The van der Waals surface area contributed by atoms with E-state index in [1.807, 2.05) is 0 Å². The van der Waals surface area contributed by atoms with E-state index in [2.05, 4.69) is 0 Å². The number of hydrogen-bond donors (Lipinski definition) is 1. The molecule has 7 nitrogen and oxygen atoms in total. The molecule has 0 aliphatic carbocycles. The number of sulfonamides is 1. The molecule has 1 heterocycles. The number of hydrogen-bond acceptors (Lipinski definition) is 6. The first kappa shape index (κ1) is 22.8. The number of unbranched alkanes of at least 4 members (excludes halogenated alkanes) is 2. The van der Waals surface area contributed by atoms with Gasteiger partial charge >= 0.3 is 0 Å². The maximum absolute atomic E-state index is 12.4. The Morgan fingerprint density at radius 3 is 2.50 bits per heavy atom. The number of benzene rings is 1. The molecule has 2 rings (SSSR count). The molecule has 1 fully saturated rings. The first-order valence-electron chi connectivity index (χ1n) is 9.20. The standard InChI is InChI=1S/C18H27FN2O5S2/c19-13-16(14-20)15-26-17-5-7-18(8-6-17)27(22,23)11-3-1-2-9-21-10-4-12-28(21,24)25/h5-8,13H,1-4,9-12,14-15,20H2/b16-13+. The number of sulfone groups is 1. The normalized spacial score (nSPS) is 17.7. The lowest BCUT2D eigenvalue weighted by Crippen LogP contribution is -2.26. The Labute approximate surface area is 166 Å². The van der Waals surface area contributed by atoms with Crippen molar-refractivity contribution in [3.63, 3.8) is 0 Å². The van der Waals surface area contributed by atoms with Crippen molar-refractivity contribution < 1.29 is 26.0 Å². The summed E-state index contributed by atoms with van der Waals surface area (Å²) in [5, 5.41) is 0. The van der Waals surface area contributed by atoms with Gasteiger partial charge in [-0.25, -0.2) is 25.5 Å². The molecule has 1 aromatic rings. The summed E-state index contributed by atoms with van der Waals surface area (Å²) in [4.78, 5) is 0.196. The Morgan fingerprint density at radius 1 is 1.21 bits per heavy atom. The first-order valence-corrected chi connectivity index (χ1v) is 12.5. The zero-order valence-corrected chi connectivity index (χ0v) is 17.4. The number of halogens is 1. The predicted octanol–water partition coefficient (Wildman–Crippen LogP) is 1.86. The molecule has 1 aromatic carbocycles. The van der Waals surface area contributed by atoms with E-state index in [9.17, 15) is 21.2 Å². The van der Waals surface area contributed by atoms with Gasteiger partial charge in [0.25, 0.3) is 0 Å². The highest BCUT2D eigenvalue weighted by Gasteiger charge is 2.27. The zero-order chi connectivity index (χ0) is 20.6. The number of ether oxygens (including phenoxy) is 1. The number of nitrogens with two attached hydrogens (primary N) is 1. The third-order valence-corrected chi connectivity index (χ3v) is 8.32. The van der Waals surface area contributed by atoms with Crippen LogP contribution in [0.15, 0.2) is 41.1 Å². The second kappa shape index (κ2) is 10.3. The van der Waals surface area contributed by atoms with Crippen LogP contribution in [-0.2, 0) is 19.9 Å². The molecule has 0 saturated carbocycles. The van der Waals surface area contributed by atoms with Crippen molar-refractivity contribution in [3.05, 3.63) is 36.2 Å². The van der Waals surface area contributed by atoms with Crippen LogP contribution in [0.2, 0.25) is 0 Å². The molecule has 28 heavy (non-hydrogen) atoms. The van der Waals surface area contributed by atoms with Gasteiger partial charge < -0.3 is 10.5 Å². The average Bonchev–Trinajstić information content (AvgIpc) is 3.01. The highest BCUT2D eigenvalue weighted by atomic mass is 32.2. The Morgan fingerprint density at radius 2 is 1.93 bits per heavy atom. The van der Waals surface area contributed by atoms with Crippen molar-refractivity contribution in [2.75, 3.05) is 37.7 Å². The van der Waals surface area contributed by atoms with Gasteiger partial charge in [0.1, 0.15) is 12.4 Å². The van der Waals surface area contributed by atoms with Crippen LogP contribution < -0.4 is 10.5 Å². The molecule has 0 spiro atoms. The van der Waals surface area contributed by atoms with Crippen molar-refractivity contribution >= 4 is 19.9 Å². The van der Waals surface area contributed by atoms with Crippen molar-refractivity contribution in [2.24, 2.45) is 5.73 Å². The van der Waals surface area contributed by atoms with E-state index in [0.29, 0.717) is 56.4 Å². The van der Waals surface area contributed by atoms with Crippen LogP contribution in [0.4, 0.5) is 4.39 Å². The summed E-state index contributed by atoms with van der Waals surface area (Å²) in [5.41, 5.74) is 5.65. The zero-order valence-electron chi connectivity index (χ0n) is 15.7. The molecule has 158 valence electrons. The predicted molar refractivity (Wildman–Crippen MR) is 106 cm³/mol. The molecule has 1 aliphatic rings. The van der Waals surface area contributed by atoms with E-state index in [-0.39, 0.29) is 29.6 Å². The largest absolute Gasteiger partial charge is 0.489 e. The van der Waals surface area contributed by atoms with Gasteiger partial charge in [0.2, 0.25) is 10.0 Å². The summed E-state index contributed by atoms with van der Waals surface area (Å²) in [6.07, 6.45) is 2.82. The van der Waals surface area contributed by atoms with Gasteiger partial charge in [-0.15, -0.1) is 0 Å². The van der Waals surface area contributed by atoms with Crippen LogP contribution in [0.25, 0.3) is 0 Å². The maximum atomic E-state index is 12.4. The van der Waals surface area contributed by atoms with Crippen LogP contribution in [-0.4, -0.2) is 58.9 Å². The summed E-state index contributed by atoms with van der Waals surface area (Å²) in [5.74, 6) is 0.638.